The first-order valence-electron chi connectivity index (χ1n) is 7.58. The molecule has 0 aliphatic heterocycles. The van der Waals surface area contributed by atoms with E-state index in [-0.39, 0.29) is 16.2 Å². The first kappa shape index (κ1) is 18.5. The fourth-order valence-electron chi connectivity index (χ4n) is 2.84. The molecule has 3 rings (SSSR count). The van der Waals surface area contributed by atoms with Gasteiger partial charge in [-0.25, -0.2) is 0 Å². The number of halogens is 2. The van der Waals surface area contributed by atoms with Crippen LogP contribution in [0.1, 0.15) is 20.8 Å². The van der Waals surface area contributed by atoms with Crippen molar-refractivity contribution in [3.63, 3.8) is 0 Å². The minimum Gasteiger partial charge on any atom is -0.258 e. The topological polar surface area (TPSA) is 86.3 Å². The van der Waals surface area contributed by atoms with Gasteiger partial charge in [0.05, 0.1) is 25.6 Å². The average Bonchev–Trinajstić information content (AvgIpc) is 2.65. The highest BCUT2D eigenvalue weighted by Gasteiger charge is 2.29. The number of hydrogen-bond acceptors (Lipinski definition) is 4. The molecule has 0 spiro atoms. The Bertz CT molecular complexity index is 1000. The van der Waals surface area contributed by atoms with Crippen molar-refractivity contribution in [3.05, 3.63) is 92.0 Å². The monoisotopic (exact) mass is 478 g/mol. The zero-order chi connectivity index (χ0) is 18.8. The van der Waals surface area contributed by atoms with Gasteiger partial charge in [0.25, 0.3) is 11.4 Å². The normalized spacial score (nSPS) is 13.3. The molecule has 0 aliphatic carbocycles. The molecule has 8 heteroatoms. The number of alkyl halides is 2. The van der Waals surface area contributed by atoms with E-state index in [2.05, 4.69) is 31.9 Å². The first-order valence-corrected chi connectivity index (χ1v) is 9.42. The molecule has 0 heterocycles. The Morgan fingerprint density at radius 3 is 2.12 bits per heavy atom. The van der Waals surface area contributed by atoms with E-state index in [1.54, 1.807) is 0 Å². The molecule has 3 aromatic carbocycles. The van der Waals surface area contributed by atoms with E-state index in [1.165, 1.54) is 12.1 Å². The highest BCUT2D eigenvalue weighted by molar-refractivity contribution is 9.12. The van der Waals surface area contributed by atoms with Crippen LogP contribution in [-0.4, -0.2) is 9.85 Å². The van der Waals surface area contributed by atoms with E-state index < -0.39 is 14.7 Å². The van der Waals surface area contributed by atoms with E-state index in [0.29, 0.717) is 5.56 Å². The molecule has 0 aliphatic rings. The number of nitro benzene ring substituents is 2. The Kier molecular flexibility index (Phi) is 5.33. The van der Waals surface area contributed by atoms with Gasteiger partial charge in [-0.05, 0) is 22.4 Å². The standard InChI is InChI=1S/C18H12Br2N2O4/c19-17(14-7-3-5-11-4-1-2-6-13(11)14)18(20)15-9-8-12(21(23)24)10-16(15)22(25)26/h1-10,17-18H/t17-,18+/m1/s1. The lowest BCUT2D eigenvalue weighted by molar-refractivity contribution is -0.394. The largest absolute Gasteiger partial charge is 0.280 e. The minimum atomic E-state index is -0.643. The second-order valence-electron chi connectivity index (χ2n) is 5.63. The maximum absolute atomic E-state index is 11.4. The van der Waals surface area contributed by atoms with E-state index >= 15 is 0 Å². The Balaban J connectivity index is 2.07. The van der Waals surface area contributed by atoms with Crippen LogP contribution < -0.4 is 0 Å². The van der Waals surface area contributed by atoms with E-state index in [0.717, 1.165) is 22.4 Å². The summed E-state index contributed by atoms with van der Waals surface area (Å²) in [5.41, 5.74) is 0.746. The van der Waals surface area contributed by atoms with E-state index in [9.17, 15) is 20.2 Å². The number of rotatable bonds is 5. The lowest BCUT2D eigenvalue weighted by Crippen LogP contribution is -2.04. The van der Waals surface area contributed by atoms with Gasteiger partial charge in [-0.3, -0.25) is 20.2 Å². The summed E-state index contributed by atoms with van der Waals surface area (Å²) in [6, 6.07) is 17.4. The van der Waals surface area contributed by atoms with Crippen LogP contribution in [0.3, 0.4) is 0 Å². The maximum Gasteiger partial charge on any atom is 0.280 e. The number of nitro groups is 2. The molecule has 132 valence electrons. The van der Waals surface area contributed by atoms with Gasteiger partial charge in [0.15, 0.2) is 0 Å². The predicted octanol–water partition coefficient (Wildman–Crippen LogP) is 6.23. The van der Waals surface area contributed by atoms with E-state index in [1.807, 2.05) is 42.5 Å². The number of hydrogen-bond donors (Lipinski definition) is 0. The van der Waals surface area contributed by atoms with Crippen LogP contribution in [0, 0.1) is 20.2 Å². The second-order valence-corrected chi connectivity index (χ2v) is 7.60. The maximum atomic E-state index is 11.4. The number of nitrogens with zero attached hydrogens (tertiary/aromatic N) is 2. The molecule has 0 fully saturated rings. The van der Waals surface area contributed by atoms with Gasteiger partial charge in [0, 0.05) is 11.6 Å². The van der Waals surface area contributed by atoms with Gasteiger partial charge in [0.2, 0.25) is 0 Å². The molecule has 6 nitrogen and oxygen atoms in total. The predicted molar refractivity (Wildman–Crippen MR) is 107 cm³/mol. The second kappa shape index (κ2) is 7.51. The Labute approximate surface area is 165 Å². The molecular formula is C18H12Br2N2O4. The van der Waals surface area contributed by atoms with Crippen LogP contribution >= 0.6 is 31.9 Å². The minimum absolute atomic E-state index is 0.270. The lowest BCUT2D eigenvalue weighted by atomic mass is 9.97. The Morgan fingerprint density at radius 1 is 0.769 bits per heavy atom. The van der Waals surface area contributed by atoms with Crippen LogP contribution in [0.25, 0.3) is 10.8 Å². The van der Waals surface area contributed by atoms with Crippen molar-refractivity contribution in [1.29, 1.82) is 0 Å². The molecule has 0 N–H and O–H groups in total. The zero-order valence-corrected chi connectivity index (χ0v) is 16.4. The van der Waals surface area contributed by atoms with Crippen molar-refractivity contribution in [2.45, 2.75) is 9.65 Å². The van der Waals surface area contributed by atoms with Gasteiger partial charge >= 0.3 is 0 Å². The Hall–Kier alpha value is -2.32. The summed E-state index contributed by atoms with van der Waals surface area (Å²) in [5.74, 6) is 0. The summed E-state index contributed by atoms with van der Waals surface area (Å²) in [6.07, 6.45) is 0. The van der Waals surface area contributed by atoms with Crippen LogP contribution in [0.15, 0.2) is 60.7 Å². The smallest absolute Gasteiger partial charge is 0.258 e. The number of fused-ring (bicyclic) bond motifs is 1. The molecule has 0 saturated carbocycles. The third kappa shape index (κ3) is 3.47. The molecule has 3 aromatic rings. The van der Waals surface area contributed by atoms with Gasteiger partial charge in [0.1, 0.15) is 0 Å². The molecule has 26 heavy (non-hydrogen) atoms. The molecule has 2 atom stereocenters. The summed E-state index contributed by atoms with van der Waals surface area (Å²) in [5, 5.41) is 24.4. The van der Waals surface area contributed by atoms with Crippen LogP contribution in [-0.2, 0) is 0 Å². The molecule has 0 radical (unpaired) electrons. The Morgan fingerprint density at radius 2 is 1.42 bits per heavy atom. The van der Waals surface area contributed by atoms with Crippen molar-refractivity contribution >= 4 is 54.0 Å². The van der Waals surface area contributed by atoms with Crippen LogP contribution in [0.5, 0.6) is 0 Å². The van der Waals surface area contributed by atoms with Crippen LogP contribution in [0.2, 0.25) is 0 Å². The molecule has 0 unspecified atom stereocenters. The van der Waals surface area contributed by atoms with Crippen molar-refractivity contribution in [3.8, 4) is 0 Å². The molecular weight excluding hydrogens is 468 g/mol. The van der Waals surface area contributed by atoms with Crippen molar-refractivity contribution in [2.75, 3.05) is 0 Å². The third-order valence-corrected chi connectivity index (χ3v) is 6.85. The summed E-state index contributed by atoms with van der Waals surface area (Å²) >= 11 is 7.17. The highest BCUT2D eigenvalue weighted by Crippen LogP contribution is 2.47. The quantitative estimate of drug-likeness (QED) is 0.246. The highest BCUT2D eigenvalue weighted by atomic mass is 79.9. The summed E-state index contributed by atoms with van der Waals surface area (Å²) in [6.45, 7) is 0. The fraction of sp³-hybridized carbons (Fsp3) is 0.111. The molecule has 0 amide bonds. The molecule has 0 saturated heterocycles. The molecule has 0 bridgehead atoms. The number of benzene rings is 3. The van der Waals surface area contributed by atoms with E-state index in [4.69, 9.17) is 0 Å². The van der Waals surface area contributed by atoms with Crippen molar-refractivity contribution in [2.24, 2.45) is 0 Å². The van der Waals surface area contributed by atoms with Gasteiger partial charge < -0.3 is 0 Å². The van der Waals surface area contributed by atoms with Crippen molar-refractivity contribution in [1.82, 2.24) is 0 Å². The lowest BCUT2D eigenvalue weighted by Gasteiger charge is -2.19. The summed E-state index contributed by atoms with van der Waals surface area (Å²) < 4.78 is 0. The molecule has 0 aromatic heterocycles. The average molecular weight is 480 g/mol. The summed E-state index contributed by atoms with van der Waals surface area (Å²) in [7, 11) is 0. The van der Waals surface area contributed by atoms with Gasteiger partial charge in [-0.2, -0.15) is 0 Å². The first-order chi connectivity index (χ1) is 12.4. The summed E-state index contributed by atoms with van der Waals surface area (Å²) in [4.78, 5) is 20.4. The zero-order valence-electron chi connectivity index (χ0n) is 13.2. The number of non-ortho nitro benzene ring substituents is 1. The third-order valence-electron chi connectivity index (χ3n) is 4.10. The van der Waals surface area contributed by atoms with Crippen LogP contribution in [0.4, 0.5) is 11.4 Å². The van der Waals surface area contributed by atoms with Gasteiger partial charge in [-0.15, -0.1) is 0 Å². The SMILES string of the molecule is O=[N+]([O-])c1ccc([C@H](Br)[C@H](Br)c2cccc3ccccc23)c([N+](=O)[O-])c1. The fourth-order valence-corrected chi connectivity index (χ4v) is 4.20. The van der Waals surface area contributed by atoms with Gasteiger partial charge in [-0.1, -0.05) is 74.3 Å². The van der Waals surface area contributed by atoms with Crippen molar-refractivity contribution < 1.29 is 9.85 Å².